The van der Waals surface area contributed by atoms with Crippen LogP contribution in [0.5, 0.6) is 0 Å². The zero-order valence-electron chi connectivity index (χ0n) is 9.25. The second-order valence-corrected chi connectivity index (χ2v) is 4.61. The van der Waals surface area contributed by atoms with Crippen LogP contribution in [0.25, 0.3) is 16.9 Å². The standard InChI is InChI=1S/C13H8BrN3O/c14-10-4-2-6-17-12(10)11(8-18)16-13(17)9-3-1-5-15-7-9/h1-8H. The van der Waals surface area contributed by atoms with E-state index in [0.29, 0.717) is 11.5 Å². The zero-order chi connectivity index (χ0) is 12.5. The van der Waals surface area contributed by atoms with Gasteiger partial charge in [-0.25, -0.2) is 4.98 Å². The Morgan fingerprint density at radius 3 is 2.89 bits per heavy atom. The molecule has 0 saturated heterocycles. The Bertz CT molecular complexity index is 722. The summed E-state index contributed by atoms with van der Waals surface area (Å²) >= 11 is 3.44. The molecule has 0 N–H and O–H groups in total. The number of fused-ring (bicyclic) bond motifs is 1. The largest absolute Gasteiger partial charge is 0.298 e. The van der Waals surface area contributed by atoms with Crippen LogP contribution in [0.15, 0.2) is 47.3 Å². The Kier molecular flexibility index (Phi) is 2.68. The molecule has 0 amide bonds. The van der Waals surface area contributed by atoms with E-state index >= 15 is 0 Å². The average Bonchev–Trinajstić information content (AvgIpc) is 2.80. The van der Waals surface area contributed by atoms with Crippen molar-refractivity contribution in [2.24, 2.45) is 0 Å². The highest BCUT2D eigenvalue weighted by Gasteiger charge is 2.14. The zero-order valence-corrected chi connectivity index (χ0v) is 10.8. The lowest BCUT2D eigenvalue weighted by molar-refractivity contribution is 0.112. The molecule has 0 unspecified atom stereocenters. The van der Waals surface area contributed by atoms with Crippen LogP contribution in [0.2, 0.25) is 0 Å². The first-order valence-electron chi connectivity index (χ1n) is 5.33. The average molecular weight is 302 g/mol. The maximum atomic E-state index is 11.1. The number of hydrogen-bond acceptors (Lipinski definition) is 3. The molecule has 0 radical (unpaired) electrons. The minimum atomic E-state index is 0.418. The normalized spacial score (nSPS) is 10.7. The molecule has 0 aliphatic carbocycles. The highest BCUT2D eigenvalue weighted by molar-refractivity contribution is 9.10. The van der Waals surface area contributed by atoms with Crippen molar-refractivity contribution >= 4 is 27.7 Å². The summed E-state index contributed by atoms with van der Waals surface area (Å²) in [5.74, 6) is 0.710. The van der Waals surface area contributed by atoms with Gasteiger partial charge in [-0.2, -0.15) is 0 Å². The van der Waals surface area contributed by atoms with Crippen molar-refractivity contribution in [3.63, 3.8) is 0 Å². The number of pyridine rings is 2. The van der Waals surface area contributed by atoms with E-state index in [1.165, 1.54) is 0 Å². The van der Waals surface area contributed by atoms with Crippen LogP contribution in [0.1, 0.15) is 10.5 Å². The van der Waals surface area contributed by atoms with E-state index in [1.54, 1.807) is 12.4 Å². The number of rotatable bonds is 2. The van der Waals surface area contributed by atoms with Gasteiger partial charge in [0.1, 0.15) is 11.5 Å². The summed E-state index contributed by atoms with van der Waals surface area (Å²) in [6.07, 6.45) is 6.07. The van der Waals surface area contributed by atoms with Gasteiger partial charge in [-0.05, 0) is 40.2 Å². The van der Waals surface area contributed by atoms with Gasteiger partial charge in [-0.3, -0.25) is 14.2 Å². The second-order valence-electron chi connectivity index (χ2n) is 3.75. The van der Waals surface area contributed by atoms with Gasteiger partial charge in [0.2, 0.25) is 0 Å². The first-order valence-corrected chi connectivity index (χ1v) is 6.12. The molecule has 3 aromatic rings. The molecule has 0 aromatic carbocycles. The van der Waals surface area contributed by atoms with Crippen molar-refractivity contribution in [2.45, 2.75) is 0 Å². The first kappa shape index (κ1) is 11.1. The van der Waals surface area contributed by atoms with Crippen molar-refractivity contribution in [1.82, 2.24) is 14.4 Å². The van der Waals surface area contributed by atoms with E-state index < -0.39 is 0 Å². The smallest absolute Gasteiger partial charge is 0.170 e. The predicted octanol–water partition coefficient (Wildman–Crippen LogP) is 2.97. The van der Waals surface area contributed by atoms with Crippen molar-refractivity contribution in [3.05, 3.63) is 53.0 Å². The summed E-state index contributed by atoms with van der Waals surface area (Å²) in [7, 11) is 0. The van der Waals surface area contributed by atoms with Crippen LogP contribution < -0.4 is 0 Å². The Hall–Kier alpha value is -2.01. The topological polar surface area (TPSA) is 47.3 Å². The fraction of sp³-hybridized carbons (Fsp3) is 0. The van der Waals surface area contributed by atoms with Gasteiger partial charge < -0.3 is 0 Å². The van der Waals surface area contributed by atoms with Crippen molar-refractivity contribution < 1.29 is 4.79 Å². The third kappa shape index (κ3) is 1.64. The summed E-state index contributed by atoms with van der Waals surface area (Å²) in [6, 6.07) is 7.54. The van der Waals surface area contributed by atoms with E-state index in [1.807, 2.05) is 34.9 Å². The number of imidazole rings is 1. The molecular weight excluding hydrogens is 294 g/mol. The number of carbonyl (C=O) groups excluding carboxylic acids is 1. The van der Waals surface area contributed by atoms with Gasteiger partial charge in [0.05, 0.1) is 5.52 Å². The van der Waals surface area contributed by atoms with Crippen LogP contribution in [-0.2, 0) is 0 Å². The van der Waals surface area contributed by atoms with E-state index in [2.05, 4.69) is 25.9 Å². The van der Waals surface area contributed by atoms with Gasteiger partial charge in [-0.1, -0.05) is 0 Å². The summed E-state index contributed by atoms with van der Waals surface area (Å²) in [5, 5.41) is 0. The van der Waals surface area contributed by atoms with Gasteiger partial charge >= 0.3 is 0 Å². The molecule has 4 nitrogen and oxygen atoms in total. The fourth-order valence-corrected chi connectivity index (χ4v) is 2.45. The Morgan fingerprint density at radius 1 is 1.28 bits per heavy atom. The molecule has 0 aliphatic rings. The van der Waals surface area contributed by atoms with Gasteiger partial charge in [-0.15, -0.1) is 0 Å². The van der Waals surface area contributed by atoms with Crippen LogP contribution in [0.4, 0.5) is 0 Å². The van der Waals surface area contributed by atoms with Gasteiger partial charge in [0.25, 0.3) is 0 Å². The third-order valence-corrected chi connectivity index (χ3v) is 3.31. The van der Waals surface area contributed by atoms with E-state index in [9.17, 15) is 4.79 Å². The number of hydrogen-bond donors (Lipinski definition) is 0. The first-order chi connectivity index (χ1) is 8.81. The predicted molar refractivity (Wildman–Crippen MR) is 71.5 cm³/mol. The molecule has 0 spiro atoms. The Morgan fingerprint density at radius 2 is 2.17 bits per heavy atom. The molecule has 3 rings (SSSR count). The Labute approximate surface area is 111 Å². The maximum Gasteiger partial charge on any atom is 0.170 e. The van der Waals surface area contributed by atoms with Crippen LogP contribution in [-0.4, -0.2) is 20.7 Å². The molecule has 0 saturated carbocycles. The molecule has 5 heteroatoms. The van der Waals surface area contributed by atoms with Gasteiger partial charge in [0, 0.05) is 28.6 Å². The number of nitrogens with zero attached hydrogens (tertiary/aromatic N) is 3. The fourth-order valence-electron chi connectivity index (χ4n) is 1.91. The van der Waals surface area contributed by atoms with E-state index in [0.717, 1.165) is 21.8 Å². The number of carbonyl (C=O) groups is 1. The lowest BCUT2D eigenvalue weighted by atomic mass is 10.3. The minimum absolute atomic E-state index is 0.418. The molecule has 0 aliphatic heterocycles. The van der Waals surface area contributed by atoms with Crippen molar-refractivity contribution in [2.75, 3.05) is 0 Å². The van der Waals surface area contributed by atoms with Crippen LogP contribution in [0.3, 0.4) is 0 Å². The Balaban J connectivity index is 2.38. The van der Waals surface area contributed by atoms with Crippen molar-refractivity contribution in [1.29, 1.82) is 0 Å². The molecule has 0 fully saturated rings. The quantitative estimate of drug-likeness (QED) is 0.684. The highest BCUT2D eigenvalue weighted by atomic mass is 79.9. The number of aldehydes is 1. The van der Waals surface area contributed by atoms with E-state index in [-0.39, 0.29) is 0 Å². The summed E-state index contributed by atoms with van der Waals surface area (Å²) < 4.78 is 2.72. The second kappa shape index (κ2) is 4.34. The summed E-state index contributed by atoms with van der Waals surface area (Å²) in [6.45, 7) is 0. The highest BCUT2D eigenvalue weighted by Crippen LogP contribution is 2.26. The minimum Gasteiger partial charge on any atom is -0.298 e. The van der Waals surface area contributed by atoms with Crippen LogP contribution >= 0.6 is 15.9 Å². The SMILES string of the molecule is O=Cc1nc(-c2cccnc2)n2cccc(Br)c12. The molecule has 88 valence electrons. The molecule has 18 heavy (non-hydrogen) atoms. The van der Waals surface area contributed by atoms with Crippen molar-refractivity contribution in [3.8, 4) is 11.4 Å². The summed E-state index contributed by atoms with van der Waals surface area (Å²) in [4.78, 5) is 19.5. The summed E-state index contributed by atoms with van der Waals surface area (Å²) in [5.41, 5.74) is 2.06. The number of aromatic nitrogens is 3. The monoisotopic (exact) mass is 301 g/mol. The van der Waals surface area contributed by atoms with Crippen LogP contribution in [0, 0.1) is 0 Å². The van der Waals surface area contributed by atoms with Gasteiger partial charge in [0.15, 0.2) is 6.29 Å². The lowest BCUT2D eigenvalue weighted by Crippen LogP contribution is -1.89. The molecule has 3 heterocycles. The third-order valence-electron chi connectivity index (χ3n) is 2.67. The molecule has 3 aromatic heterocycles. The molecular formula is C13H8BrN3O. The number of halogens is 1. The molecule has 0 atom stereocenters. The molecule has 0 bridgehead atoms. The maximum absolute atomic E-state index is 11.1. The lowest BCUT2D eigenvalue weighted by Gasteiger charge is -2.01. The van der Waals surface area contributed by atoms with E-state index in [4.69, 9.17) is 0 Å².